The summed E-state index contributed by atoms with van der Waals surface area (Å²) in [5.74, 6) is 1.24. The molecule has 0 aliphatic heterocycles. The quantitative estimate of drug-likeness (QED) is 0.122. The Morgan fingerprint density at radius 1 is 0.205 bits per heavy atom. The molecule has 8 nitrogen and oxygen atoms in total. The fraction of sp³-hybridized carbons (Fsp3) is 0. The van der Waals surface area contributed by atoms with Crippen molar-refractivity contribution in [2.45, 2.75) is 0 Å². The first-order chi connectivity index (χ1) is 43.7. The molecule has 0 N–H and O–H groups in total. The highest BCUT2D eigenvalue weighted by atomic mass is 15.3. The molecule has 17 rings (SSSR count). The molecule has 0 bridgehead atoms. The Bertz CT molecular complexity index is 5410. The zero-order valence-corrected chi connectivity index (χ0v) is 47.8. The molecule has 4 heterocycles. The molecule has 88 heavy (non-hydrogen) atoms. The maximum atomic E-state index is 5.96. The van der Waals surface area contributed by atoms with E-state index in [2.05, 4.69) is 356 Å². The number of fused-ring (bicyclic) bond motifs is 10. The van der Waals surface area contributed by atoms with E-state index in [9.17, 15) is 0 Å². The molecule has 0 radical (unpaired) electrons. The van der Waals surface area contributed by atoms with Crippen LogP contribution in [0.5, 0.6) is 0 Å². The lowest BCUT2D eigenvalue weighted by molar-refractivity contribution is 1.08. The summed E-state index contributed by atoms with van der Waals surface area (Å²) in [6, 6.07) is 117. The molecule has 414 valence electrons. The van der Waals surface area contributed by atoms with Crippen molar-refractivity contribution in [1.82, 2.24) is 23.7 Å². The van der Waals surface area contributed by atoms with Crippen LogP contribution < -0.4 is 14.7 Å². The van der Waals surface area contributed by atoms with Gasteiger partial charge in [-0.1, -0.05) is 176 Å². The Morgan fingerprint density at radius 3 is 1.07 bits per heavy atom. The van der Waals surface area contributed by atoms with Crippen molar-refractivity contribution in [3.8, 4) is 17.1 Å². The van der Waals surface area contributed by atoms with Gasteiger partial charge in [-0.2, -0.15) is 4.98 Å². The Labute approximate surface area is 508 Å². The molecule has 17 aromatic rings. The third kappa shape index (κ3) is 8.37. The second kappa shape index (κ2) is 21.0. The van der Waals surface area contributed by atoms with E-state index >= 15 is 0 Å². The number of rotatable bonds is 12. The average molecular weight is 1130 g/mol. The molecule has 0 amide bonds. The number of hydrogen-bond acceptors (Lipinski definition) is 5. The van der Waals surface area contributed by atoms with Gasteiger partial charge in [-0.15, -0.1) is 0 Å². The van der Waals surface area contributed by atoms with Gasteiger partial charge in [-0.3, -0.25) is 9.80 Å². The molecule has 0 spiro atoms. The molecular formula is C80H54N8. The largest absolute Gasteiger partial charge is 0.310 e. The molecule has 8 heteroatoms. The third-order valence-corrected chi connectivity index (χ3v) is 17.1. The first-order valence-electron chi connectivity index (χ1n) is 29.8. The smallest absolute Gasteiger partial charge is 0.237 e. The maximum Gasteiger partial charge on any atom is 0.237 e. The van der Waals surface area contributed by atoms with Crippen molar-refractivity contribution in [1.29, 1.82) is 0 Å². The van der Waals surface area contributed by atoms with Crippen LogP contribution in [0, 0.1) is 0 Å². The molecule has 13 aromatic carbocycles. The van der Waals surface area contributed by atoms with Crippen molar-refractivity contribution < 1.29 is 0 Å². The highest BCUT2D eigenvalue weighted by Crippen LogP contribution is 2.46. The molecule has 0 saturated heterocycles. The number of nitrogens with zero attached hydrogens (tertiary/aromatic N) is 8. The van der Waals surface area contributed by atoms with E-state index in [1.54, 1.807) is 0 Å². The number of para-hydroxylation sites is 9. The lowest BCUT2D eigenvalue weighted by Crippen LogP contribution is -2.18. The van der Waals surface area contributed by atoms with Gasteiger partial charge < -0.3 is 18.6 Å². The number of aromatic nitrogens is 5. The van der Waals surface area contributed by atoms with E-state index in [4.69, 9.17) is 9.97 Å². The van der Waals surface area contributed by atoms with E-state index in [-0.39, 0.29) is 0 Å². The van der Waals surface area contributed by atoms with Gasteiger partial charge in [-0.25, -0.2) is 4.98 Å². The van der Waals surface area contributed by atoms with Crippen molar-refractivity contribution in [3.63, 3.8) is 0 Å². The summed E-state index contributed by atoms with van der Waals surface area (Å²) in [4.78, 5) is 18.5. The molecule has 0 aliphatic rings. The highest BCUT2D eigenvalue weighted by molar-refractivity contribution is 6.14. The van der Waals surface area contributed by atoms with Crippen LogP contribution in [0.1, 0.15) is 0 Å². The predicted molar refractivity (Wildman–Crippen MR) is 367 cm³/mol. The first kappa shape index (κ1) is 50.5. The summed E-state index contributed by atoms with van der Waals surface area (Å²) in [7, 11) is 0. The molecule has 0 aliphatic carbocycles. The molecular weight excluding hydrogens is 1070 g/mol. The summed E-state index contributed by atoms with van der Waals surface area (Å²) >= 11 is 0. The first-order valence-corrected chi connectivity index (χ1v) is 29.8. The fourth-order valence-corrected chi connectivity index (χ4v) is 13.3. The van der Waals surface area contributed by atoms with E-state index in [0.29, 0.717) is 5.95 Å². The van der Waals surface area contributed by atoms with Crippen molar-refractivity contribution >= 4 is 128 Å². The number of hydrogen-bond donors (Lipinski definition) is 0. The Kier molecular flexibility index (Phi) is 12.0. The van der Waals surface area contributed by atoms with Crippen molar-refractivity contribution in [2.75, 3.05) is 14.7 Å². The molecule has 0 atom stereocenters. The Hall–Kier alpha value is -12.0. The van der Waals surface area contributed by atoms with Crippen LogP contribution in [0.4, 0.5) is 51.6 Å². The van der Waals surface area contributed by atoms with E-state index in [0.717, 1.165) is 128 Å². The van der Waals surface area contributed by atoms with Gasteiger partial charge in [0.05, 0.1) is 44.3 Å². The van der Waals surface area contributed by atoms with Crippen LogP contribution in [0.2, 0.25) is 0 Å². The second-order valence-corrected chi connectivity index (χ2v) is 22.2. The van der Waals surface area contributed by atoms with Gasteiger partial charge in [0, 0.05) is 88.9 Å². The summed E-state index contributed by atoms with van der Waals surface area (Å²) < 4.78 is 7.15. The fourth-order valence-electron chi connectivity index (χ4n) is 13.3. The summed E-state index contributed by atoms with van der Waals surface area (Å²) in [6.07, 6.45) is 0. The van der Waals surface area contributed by atoms with Gasteiger partial charge in [0.1, 0.15) is 0 Å². The predicted octanol–water partition coefficient (Wildman–Crippen LogP) is 21.3. The molecule has 4 aromatic heterocycles. The van der Waals surface area contributed by atoms with E-state index < -0.39 is 0 Å². The van der Waals surface area contributed by atoms with Crippen LogP contribution in [0.15, 0.2) is 328 Å². The molecule has 0 fully saturated rings. The van der Waals surface area contributed by atoms with Crippen LogP contribution in [-0.4, -0.2) is 23.7 Å². The minimum Gasteiger partial charge on any atom is -0.310 e. The van der Waals surface area contributed by atoms with Crippen molar-refractivity contribution in [2.24, 2.45) is 0 Å². The molecule has 0 unspecified atom stereocenters. The Morgan fingerprint density at radius 2 is 0.568 bits per heavy atom. The van der Waals surface area contributed by atoms with Gasteiger partial charge in [0.25, 0.3) is 0 Å². The van der Waals surface area contributed by atoms with Crippen LogP contribution >= 0.6 is 0 Å². The summed E-state index contributed by atoms with van der Waals surface area (Å²) in [5.41, 5.74) is 17.5. The minimum absolute atomic E-state index is 0.523. The number of anilines is 9. The zero-order chi connectivity index (χ0) is 58.1. The molecule has 0 saturated carbocycles. The van der Waals surface area contributed by atoms with Crippen LogP contribution in [-0.2, 0) is 0 Å². The highest BCUT2D eigenvalue weighted by Gasteiger charge is 2.27. The monoisotopic (exact) mass is 1130 g/mol. The van der Waals surface area contributed by atoms with Gasteiger partial charge in [-0.05, 0) is 152 Å². The lowest BCUT2D eigenvalue weighted by atomic mass is 10.1. The van der Waals surface area contributed by atoms with Gasteiger partial charge in [0.15, 0.2) is 5.82 Å². The topological polar surface area (TPSA) is 50.3 Å². The Balaban J connectivity index is 0.928. The van der Waals surface area contributed by atoms with Crippen LogP contribution in [0.25, 0.3) is 93.4 Å². The van der Waals surface area contributed by atoms with E-state index in [1.807, 2.05) is 0 Å². The lowest BCUT2D eigenvalue weighted by Gasteiger charge is -2.29. The zero-order valence-electron chi connectivity index (χ0n) is 47.8. The second-order valence-electron chi connectivity index (χ2n) is 22.2. The average Bonchev–Trinajstić information content (AvgIpc) is 1.72. The minimum atomic E-state index is 0.523. The normalized spacial score (nSPS) is 11.6. The summed E-state index contributed by atoms with van der Waals surface area (Å²) in [5, 5.41) is 7.87. The van der Waals surface area contributed by atoms with Crippen molar-refractivity contribution in [3.05, 3.63) is 328 Å². The van der Waals surface area contributed by atoms with E-state index in [1.165, 1.54) is 10.8 Å². The number of benzene rings is 13. The summed E-state index contributed by atoms with van der Waals surface area (Å²) in [6.45, 7) is 0. The standard InChI is InChI=1S/C80H54N8/c1-7-25-55(26-8-1)83(56-27-9-2-10-28-56)61-46-50-76-70(51-61)67-39-21-24-42-75(67)88(76)62-45-49-72-71(52-62)79(84(57-29-11-3-12-30-57)63-43-47-68-65-37-19-22-40-73(65)86(77(68)53-63)59-33-15-5-16-34-59)82-80(81-72)85(58-31-13-4-14-32-58)64-44-48-69-66-38-20-23-41-74(66)87(78(69)54-64)60-35-17-6-18-36-60/h1-54H. The maximum absolute atomic E-state index is 5.96. The van der Waals surface area contributed by atoms with Gasteiger partial charge in [0.2, 0.25) is 5.95 Å². The van der Waals surface area contributed by atoms with Crippen LogP contribution in [0.3, 0.4) is 0 Å². The van der Waals surface area contributed by atoms with Gasteiger partial charge >= 0.3 is 0 Å². The SMILES string of the molecule is c1ccc(N(c2ccccc2)c2ccc3c(c2)c2ccccc2n3-c2ccc3nc(N(c4ccccc4)c4ccc5c6ccccc6n(-c6ccccc6)c5c4)nc(N(c4ccccc4)c4ccc5c6ccccc6n(-c6ccccc6)c5c4)c3c2)cc1. The third-order valence-electron chi connectivity index (χ3n) is 17.1.